The third-order valence-corrected chi connectivity index (χ3v) is 3.77. The van der Waals surface area contributed by atoms with Crippen molar-refractivity contribution in [1.29, 1.82) is 0 Å². The minimum absolute atomic E-state index is 0.124. The van der Waals surface area contributed by atoms with Gasteiger partial charge in [-0.1, -0.05) is 12.1 Å². The first-order valence-corrected chi connectivity index (χ1v) is 7.71. The van der Waals surface area contributed by atoms with E-state index in [1.807, 2.05) is 31.2 Å². The van der Waals surface area contributed by atoms with E-state index >= 15 is 0 Å². The van der Waals surface area contributed by atoms with E-state index in [0.717, 1.165) is 16.9 Å². The quantitative estimate of drug-likeness (QED) is 0.883. The second-order valence-corrected chi connectivity index (χ2v) is 5.56. The van der Waals surface area contributed by atoms with E-state index in [0.29, 0.717) is 18.7 Å². The van der Waals surface area contributed by atoms with Gasteiger partial charge in [-0.2, -0.15) is 0 Å². The largest absolute Gasteiger partial charge is 0.497 e. The van der Waals surface area contributed by atoms with Gasteiger partial charge in [-0.05, 0) is 55.3 Å². The number of hydrogen-bond donors (Lipinski definition) is 1. The predicted octanol–water partition coefficient (Wildman–Crippen LogP) is 3.36. The highest BCUT2D eigenvalue weighted by molar-refractivity contribution is 5.97. The molecule has 5 nitrogen and oxygen atoms in total. The lowest BCUT2D eigenvalue weighted by molar-refractivity contribution is 0.0696. The van der Waals surface area contributed by atoms with E-state index in [9.17, 15) is 9.59 Å². The Morgan fingerprint density at radius 3 is 2.25 bits per heavy atom. The Labute approximate surface area is 141 Å². The molecule has 0 radical (unpaired) electrons. The zero-order chi connectivity index (χ0) is 17.7. The number of ether oxygens (including phenoxy) is 1. The molecule has 0 aliphatic carbocycles. The van der Waals surface area contributed by atoms with Crippen LogP contribution in [0.5, 0.6) is 5.75 Å². The lowest BCUT2D eigenvalue weighted by Crippen LogP contribution is -2.30. The van der Waals surface area contributed by atoms with Crippen LogP contribution in [0.25, 0.3) is 0 Å². The molecule has 0 saturated heterocycles. The maximum Gasteiger partial charge on any atom is 0.335 e. The van der Waals surface area contributed by atoms with Crippen LogP contribution in [0.2, 0.25) is 0 Å². The van der Waals surface area contributed by atoms with Crippen molar-refractivity contribution in [3.8, 4) is 5.75 Å². The maximum atomic E-state index is 12.7. The number of carbonyl (C=O) groups is 2. The average Bonchev–Trinajstić information content (AvgIpc) is 2.59. The van der Waals surface area contributed by atoms with Crippen molar-refractivity contribution < 1.29 is 19.4 Å². The van der Waals surface area contributed by atoms with Gasteiger partial charge >= 0.3 is 5.97 Å². The number of methoxy groups -OCH3 is 1. The van der Waals surface area contributed by atoms with Gasteiger partial charge in [0.15, 0.2) is 0 Å². The van der Waals surface area contributed by atoms with Gasteiger partial charge in [0.1, 0.15) is 5.75 Å². The Kier molecular flexibility index (Phi) is 5.58. The maximum absolute atomic E-state index is 12.7. The van der Waals surface area contributed by atoms with E-state index in [-0.39, 0.29) is 11.5 Å². The third kappa shape index (κ3) is 4.13. The van der Waals surface area contributed by atoms with E-state index < -0.39 is 5.97 Å². The Bertz CT molecular complexity index is 738. The average molecular weight is 327 g/mol. The van der Waals surface area contributed by atoms with Crippen LogP contribution < -0.4 is 4.74 Å². The van der Waals surface area contributed by atoms with Crippen LogP contribution in [0.3, 0.4) is 0 Å². The van der Waals surface area contributed by atoms with Crippen LogP contribution >= 0.6 is 0 Å². The molecule has 0 atom stereocenters. The summed E-state index contributed by atoms with van der Waals surface area (Å²) in [5.74, 6) is -0.455. The monoisotopic (exact) mass is 327 g/mol. The van der Waals surface area contributed by atoms with E-state index in [2.05, 4.69) is 0 Å². The van der Waals surface area contributed by atoms with Crippen molar-refractivity contribution in [2.45, 2.75) is 20.4 Å². The van der Waals surface area contributed by atoms with Crippen molar-refractivity contribution in [2.75, 3.05) is 13.7 Å². The molecule has 0 spiro atoms. The van der Waals surface area contributed by atoms with Crippen LogP contribution in [-0.4, -0.2) is 35.5 Å². The summed E-state index contributed by atoms with van der Waals surface area (Å²) in [6.45, 7) is 4.66. The van der Waals surface area contributed by atoms with E-state index in [1.54, 1.807) is 31.1 Å². The molecule has 24 heavy (non-hydrogen) atoms. The molecular formula is C19H21NO4. The lowest BCUT2D eigenvalue weighted by Gasteiger charge is -2.21. The number of benzene rings is 2. The first-order valence-electron chi connectivity index (χ1n) is 7.71. The molecule has 1 N–H and O–H groups in total. The van der Waals surface area contributed by atoms with E-state index in [1.165, 1.54) is 6.07 Å². The Balaban J connectivity index is 2.23. The van der Waals surface area contributed by atoms with Gasteiger partial charge < -0.3 is 14.7 Å². The summed E-state index contributed by atoms with van der Waals surface area (Å²) in [6.07, 6.45) is 0. The van der Waals surface area contributed by atoms with Crippen LogP contribution in [0.15, 0.2) is 42.5 Å². The standard InChI is InChI=1S/C19H21NO4/c1-4-20(12-14-5-7-17(24-3)8-6-14)18(21)15-9-13(2)10-16(11-15)19(22)23/h5-11H,4,12H2,1-3H3,(H,22,23). The molecule has 5 heteroatoms. The Morgan fingerprint density at radius 1 is 1.08 bits per heavy atom. The van der Waals surface area contributed by atoms with Crippen molar-refractivity contribution in [2.24, 2.45) is 0 Å². The summed E-state index contributed by atoms with van der Waals surface area (Å²) >= 11 is 0. The molecule has 0 bridgehead atoms. The summed E-state index contributed by atoms with van der Waals surface area (Å²) in [4.78, 5) is 25.6. The SMILES string of the molecule is CCN(Cc1ccc(OC)cc1)C(=O)c1cc(C)cc(C(=O)O)c1. The molecule has 0 fully saturated rings. The third-order valence-electron chi connectivity index (χ3n) is 3.77. The highest BCUT2D eigenvalue weighted by atomic mass is 16.5. The fraction of sp³-hybridized carbons (Fsp3) is 0.263. The first kappa shape index (κ1) is 17.5. The van der Waals surface area contributed by atoms with Gasteiger partial charge in [0.25, 0.3) is 5.91 Å². The van der Waals surface area contributed by atoms with Gasteiger partial charge in [-0.25, -0.2) is 4.79 Å². The second kappa shape index (κ2) is 7.64. The van der Waals surface area contributed by atoms with Crippen LogP contribution in [0, 0.1) is 6.92 Å². The number of carboxylic acids is 1. The van der Waals surface area contributed by atoms with Crippen molar-refractivity contribution >= 4 is 11.9 Å². The Morgan fingerprint density at radius 2 is 1.71 bits per heavy atom. The minimum Gasteiger partial charge on any atom is -0.497 e. The molecular weight excluding hydrogens is 306 g/mol. The molecule has 2 aromatic rings. The molecule has 0 aromatic heterocycles. The molecule has 1 amide bonds. The highest BCUT2D eigenvalue weighted by Gasteiger charge is 2.17. The molecule has 0 aliphatic heterocycles. The molecule has 126 valence electrons. The van der Waals surface area contributed by atoms with Gasteiger partial charge in [-0.3, -0.25) is 4.79 Å². The summed E-state index contributed by atoms with van der Waals surface area (Å²) in [6, 6.07) is 12.2. The fourth-order valence-electron chi connectivity index (χ4n) is 2.49. The van der Waals surface area contributed by atoms with Crippen LogP contribution in [0.4, 0.5) is 0 Å². The first-order chi connectivity index (χ1) is 11.4. The van der Waals surface area contributed by atoms with Crippen molar-refractivity contribution in [3.63, 3.8) is 0 Å². The topological polar surface area (TPSA) is 66.8 Å². The molecule has 0 aliphatic rings. The van der Waals surface area contributed by atoms with Crippen LogP contribution in [-0.2, 0) is 6.54 Å². The smallest absolute Gasteiger partial charge is 0.335 e. The number of aromatic carboxylic acids is 1. The lowest BCUT2D eigenvalue weighted by atomic mass is 10.1. The van der Waals surface area contributed by atoms with Gasteiger partial charge in [0, 0.05) is 18.7 Å². The fourth-order valence-corrected chi connectivity index (χ4v) is 2.49. The molecule has 0 heterocycles. The zero-order valence-electron chi connectivity index (χ0n) is 14.1. The second-order valence-electron chi connectivity index (χ2n) is 5.56. The van der Waals surface area contributed by atoms with Crippen molar-refractivity contribution in [3.05, 3.63) is 64.7 Å². The number of rotatable bonds is 6. The molecule has 0 saturated carbocycles. The number of carboxylic acid groups (broad SMARTS) is 1. The zero-order valence-corrected chi connectivity index (χ0v) is 14.1. The van der Waals surface area contributed by atoms with Crippen LogP contribution in [0.1, 0.15) is 38.8 Å². The molecule has 0 unspecified atom stereocenters. The highest BCUT2D eigenvalue weighted by Crippen LogP contribution is 2.16. The minimum atomic E-state index is -1.04. The summed E-state index contributed by atoms with van der Waals surface area (Å²) in [5.41, 5.74) is 2.25. The van der Waals surface area contributed by atoms with E-state index in [4.69, 9.17) is 9.84 Å². The summed E-state index contributed by atoms with van der Waals surface area (Å²) in [7, 11) is 1.61. The normalized spacial score (nSPS) is 10.3. The van der Waals surface area contributed by atoms with Gasteiger partial charge in [0.05, 0.1) is 12.7 Å². The number of hydrogen-bond acceptors (Lipinski definition) is 3. The predicted molar refractivity (Wildman–Crippen MR) is 91.5 cm³/mol. The number of aryl methyl sites for hydroxylation is 1. The number of carbonyl (C=O) groups excluding carboxylic acids is 1. The summed E-state index contributed by atoms with van der Waals surface area (Å²) < 4.78 is 5.13. The number of nitrogens with zero attached hydrogens (tertiary/aromatic N) is 1. The summed E-state index contributed by atoms with van der Waals surface area (Å²) in [5, 5.41) is 9.16. The molecule has 2 rings (SSSR count). The Hall–Kier alpha value is -2.82. The van der Waals surface area contributed by atoms with Gasteiger partial charge in [0.2, 0.25) is 0 Å². The molecule has 2 aromatic carbocycles. The van der Waals surface area contributed by atoms with Crippen molar-refractivity contribution in [1.82, 2.24) is 4.90 Å². The number of amides is 1. The van der Waals surface area contributed by atoms with Gasteiger partial charge in [-0.15, -0.1) is 0 Å².